The van der Waals surface area contributed by atoms with Crippen LogP contribution in [-0.2, 0) is 11.8 Å². The summed E-state index contributed by atoms with van der Waals surface area (Å²) < 4.78 is 94.1. The average molecular weight is 464 g/mol. The maximum Gasteiger partial charge on any atom is 0.161 e. The zero-order valence-corrected chi connectivity index (χ0v) is 19.6. The minimum Gasteiger partial charge on any atom is -0.493 e. The first-order valence-corrected chi connectivity index (χ1v) is 10.6. The van der Waals surface area contributed by atoms with E-state index in [1.54, 1.807) is 18.2 Å². The van der Waals surface area contributed by atoms with Gasteiger partial charge in [0.1, 0.15) is 0 Å². The molecule has 2 rings (SSSR count). The van der Waals surface area contributed by atoms with Crippen molar-refractivity contribution in [1.29, 1.82) is 5.26 Å². The van der Waals surface area contributed by atoms with Crippen molar-refractivity contribution in [3.8, 4) is 29.1 Å². The molecule has 0 bridgehead atoms. The van der Waals surface area contributed by atoms with Crippen LogP contribution in [-0.4, -0.2) is 53.4 Å². The smallest absolute Gasteiger partial charge is 0.161 e. The van der Waals surface area contributed by atoms with E-state index in [-0.39, 0.29) is 37.2 Å². The second-order valence-electron chi connectivity index (χ2n) is 7.62. The number of likely N-dealkylation sites (N-methyl/N-ethyl adjacent to an activating group) is 1. The van der Waals surface area contributed by atoms with E-state index in [0.29, 0.717) is 23.7 Å². The zero-order chi connectivity index (χ0) is 31.9. The van der Waals surface area contributed by atoms with Gasteiger partial charge >= 0.3 is 0 Å². The van der Waals surface area contributed by atoms with Crippen LogP contribution in [0.1, 0.15) is 50.0 Å². The van der Waals surface area contributed by atoms with Crippen LogP contribution in [0.3, 0.4) is 0 Å². The highest BCUT2D eigenvalue weighted by molar-refractivity contribution is 5.47. The van der Waals surface area contributed by atoms with Gasteiger partial charge in [-0.2, -0.15) is 5.26 Å². The zero-order valence-electron chi connectivity index (χ0n) is 28.6. The van der Waals surface area contributed by atoms with Crippen LogP contribution in [0.5, 0.6) is 23.0 Å². The van der Waals surface area contributed by atoms with Crippen LogP contribution >= 0.6 is 0 Å². The molecule has 0 radical (unpaired) electrons. The number of methoxy groups -OCH3 is 4. The largest absolute Gasteiger partial charge is 0.493 e. The second-order valence-corrected chi connectivity index (χ2v) is 7.62. The van der Waals surface area contributed by atoms with Crippen LogP contribution < -0.4 is 18.9 Å². The highest BCUT2D eigenvalue weighted by atomic mass is 16.5. The van der Waals surface area contributed by atoms with E-state index in [0.717, 1.165) is 5.56 Å². The highest BCUT2D eigenvalue weighted by Gasteiger charge is 2.36. The van der Waals surface area contributed by atoms with Gasteiger partial charge in [0, 0.05) is 18.9 Å². The number of benzene rings is 2. The molecule has 1 atom stereocenters. The van der Waals surface area contributed by atoms with Crippen LogP contribution in [0, 0.1) is 17.2 Å². The van der Waals surface area contributed by atoms with Gasteiger partial charge in [-0.25, -0.2) is 0 Å². The third-order valence-electron chi connectivity index (χ3n) is 5.71. The number of rotatable bonds is 13. The lowest BCUT2D eigenvalue weighted by atomic mass is 9.69. The van der Waals surface area contributed by atoms with E-state index < -0.39 is 32.0 Å². The van der Waals surface area contributed by atoms with Crippen molar-refractivity contribution in [1.82, 2.24) is 4.90 Å². The van der Waals surface area contributed by atoms with Gasteiger partial charge in [0.25, 0.3) is 0 Å². The van der Waals surface area contributed by atoms with Gasteiger partial charge in [-0.15, -0.1) is 0 Å². The molecule has 0 saturated carbocycles. The van der Waals surface area contributed by atoms with Crippen LogP contribution in [0.25, 0.3) is 0 Å². The quantitative estimate of drug-likeness (QED) is 0.412. The lowest BCUT2D eigenvalue weighted by Gasteiger charge is -2.32. The van der Waals surface area contributed by atoms with Gasteiger partial charge in [-0.1, -0.05) is 25.8 Å². The van der Waals surface area contributed by atoms with Crippen molar-refractivity contribution < 1.29 is 31.3 Å². The Balaban J connectivity index is 2.45. The molecule has 0 heterocycles. The lowest BCUT2D eigenvalue weighted by molar-refractivity contribution is 0.292. The van der Waals surface area contributed by atoms with Crippen LogP contribution in [0.4, 0.5) is 0 Å². The van der Waals surface area contributed by atoms with Gasteiger partial charge in [-0.05, 0) is 74.1 Å². The van der Waals surface area contributed by atoms with Crippen molar-refractivity contribution in [3.63, 3.8) is 0 Å². The van der Waals surface area contributed by atoms with E-state index in [4.69, 9.17) is 31.3 Å². The number of ether oxygens (including phenoxy) is 4. The Morgan fingerprint density at radius 3 is 2.12 bits per heavy atom. The predicted octanol–water partition coefficient (Wildman–Crippen LogP) is 5.09. The van der Waals surface area contributed by atoms with E-state index in [2.05, 4.69) is 0 Å². The van der Waals surface area contributed by atoms with Crippen LogP contribution in [0.15, 0.2) is 36.4 Å². The molecule has 1 unspecified atom stereocenters. The molecule has 0 fully saturated rings. The second kappa shape index (κ2) is 12.4. The molecular formula is C27H38N2O4. The molecule has 0 aliphatic carbocycles. The summed E-state index contributed by atoms with van der Waals surface area (Å²) in [6.45, 7) is -8.50. The molecule has 0 N–H and O–H groups in total. The Morgan fingerprint density at radius 1 is 0.909 bits per heavy atom. The van der Waals surface area contributed by atoms with Crippen molar-refractivity contribution in [2.24, 2.45) is 5.92 Å². The van der Waals surface area contributed by atoms with Gasteiger partial charge in [0.2, 0.25) is 0 Å². The van der Waals surface area contributed by atoms with Crippen molar-refractivity contribution >= 4 is 0 Å². The minimum absolute atomic E-state index is 0.0227. The Labute approximate surface area is 211 Å². The molecule has 2 aromatic rings. The molecule has 180 valence electrons. The summed E-state index contributed by atoms with van der Waals surface area (Å²) in [5.41, 5.74) is -1.09. The maximum absolute atomic E-state index is 10.5. The molecule has 6 nitrogen and oxygen atoms in total. The predicted molar refractivity (Wildman–Crippen MR) is 132 cm³/mol. The molecule has 6 heteroatoms. The summed E-state index contributed by atoms with van der Waals surface area (Å²) in [6.07, 6.45) is 0.142. The fourth-order valence-corrected chi connectivity index (χ4v) is 3.71. The first kappa shape index (κ1) is 15.8. The number of hydrogen-bond donors (Lipinski definition) is 0. The Bertz CT molecular complexity index is 1210. The highest BCUT2D eigenvalue weighted by Crippen LogP contribution is 2.40. The monoisotopic (exact) mass is 463 g/mol. The van der Waals surface area contributed by atoms with Crippen molar-refractivity contribution in [2.75, 3.05) is 48.5 Å². The van der Waals surface area contributed by atoms with Crippen molar-refractivity contribution in [2.45, 2.75) is 38.4 Å². The van der Waals surface area contributed by atoms with E-state index >= 15 is 0 Å². The number of nitriles is 1. The number of hydrogen-bond acceptors (Lipinski definition) is 6. The van der Waals surface area contributed by atoms with E-state index in [1.807, 2.05) is 6.07 Å². The summed E-state index contributed by atoms with van der Waals surface area (Å²) in [7, 11) is 5.80. The van der Waals surface area contributed by atoms with Crippen molar-refractivity contribution in [3.05, 3.63) is 47.5 Å². The Hall–Kier alpha value is -2.91. The Kier molecular flexibility index (Phi) is 5.93. The molecule has 0 aliphatic heterocycles. The summed E-state index contributed by atoms with van der Waals surface area (Å²) in [4.78, 5) is 1.25. The van der Waals surface area contributed by atoms with E-state index in [1.165, 1.54) is 51.5 Å². The topological polar surface area (TPSA) is 64.0 Å². The first-order chi connectivity index (χ1) is 19.5. The van der Waals surface area contributed by atoms with Crippen LogP contribution in [0.2, 0.25) is 0 Å². The summed E-state index contributed by atoms with van der Waals surface area (Å²) >= 11 is 0. The van der Waals surface area contributed by atoms with E-state index in [9.17, 15) is 5.26 Å². The number of nitrogens with zero attached hydrogens (tertiary/aromatic N) is 2. The van der Waals surface area contributed by atoms with Gasteiger partial charge in [-0.3, -0.25) is 0 Å². The summed E-state index contributed by atoms with van der Waals surface area (Å²) in [5.74, 6) is -0.507. The molecule has 0 aromatic heterocycles. The molecule has 33 heavy (non-hydrogen) atoms. The standard InChI is InChI=1S/C27H38N2O4/c1-20(2)27(19-28,22-10-12-24(31-5)26(18-22)33-7)14-8-15-29(3)16-13-21-9-11-23(30-4)25(17-21)32-6/h9-12,17-18,20H,8,13-16H2,1-7H3/i1D3,2D3,3D3. The third kappa shape index (κ3) is 6.33. The maximum atomic E-state index is 10.5. The SMILES string of the molecule is [2H]C([2H])([2H])C(C([2H])([2H])[2H])C(C#N)(CCCN(CCc1ccc(OC)c(OC)c1)C([2H])([2H])[2H])c1ccc(OC)c(OC)c1. The molecule has 0 saturated heterocycles. The molecule has 2 aromatic carbocycles. The summed E-state index contributed by atoms with van der Waals surface area (Å²) in [5, 5.41) is 10.5. The summed E-state index contributed by atoms with van der Waals surface area (Å²) in [6, 6.07) is 11.6. The third-order valence-corrected chi connectivity index (χ3v) is 5.71. The first-order valence-electron chi connectivity index (χ1n) is 15.1. The fraction of sp³-hybridized carbons (Fsp3) is 0.519. The normalized spacial score (nSPS) is 18.0. The molecule has 0 spiro atoms. The molecular weight excluding hydrogens is 416 g/mol. The van der Waals surface area contributed by atoms with Gasteiger partial charge in [0.15, 0.2) is 23.0 Å². The van der Waals surface area contributed by atoms with Gasteiger partial charge in [0.05, 0.1) is 39.9 Å². The molecule has 0 aliphatic rings. The minimum atomic E-state index is -3.04. The average Bonchev–Trinajstić information content (AvgIpc) is 2.91. The lowest BCUT2D eigenvalue weighted by Crippen LogP contribution is -2.32. The van der Waals surface area contributed by atoms with Gasteiger partial charge < -0.3 is 23.8 Å². The Morgan fingerprint density at radius 2 is 1.55 bits per heavy atom. The fourth-order valence-electron chi connectivity index (χ4n) is 3.71. The molecule has 0 amide bonds.